The number of halogens is 4. The first-order chi connectivity index (χ1) is 12.2. The number of amides is 2. The number of hydrazone groups is 1. The van der Waals surface area contributed by atoms with Gasteiger partial charge in [-0.2, -0.15) is 18.3 Å². The molecule has 0 bridgehead atoms. The van der Waals surface area contributed by atoms with E-state index in [-0.39, 0.29) is 11.3 Å². The van der Waals surface area contributed by atoms with Crippen LogP contribution in [0.4, 0.5) is 23.2 Å². The van der Waals surface area contributed by atoms with Gasteiger partial charge in [0, 0.05) is 5.69 Å². The number of rotatable bonds is 4. The van der Waals surface area contributed by atoms with Crippen LogP contribution >= 0.6 is 0 Å². The summed E-state index contributed by atoms with van der Waals surface area (Å²) in [6.45, 7) is 1.55. The number of anilines is 1. The minimum Gasteiger partial charge on any atom is -0.318 e. The van der Waals surface area contributed by atoms with Gasteiger partial charge in [0.25, 0.3) is 5.91 Å². The van der Waals surface area contributed by atoms with E-state index < -0.39 is 23.8 Å². The highest BCUT2D eigenvalue weighted by Crippen LogP contribution is 2.18. The number of carbonyl (C=O) groups is 2. The fourth-order valence-corrected chi connectivity index (χ4v) is 1.90. The molecular formula is C17H13F4N3O2. The molecular weight excluding hydrogens is 354 g/mol. The van der Waals surface area contributed by atoms with Crippen molar-refractivity contribution < 1.29 is 27.2 Å². The van der Waals surface area contributed by atoms with Crippen LogP contribution in [0.25, 0.3) is 0 Å². The largest absolute Gasteiger partial charge is 0.471 e. The number of nitrogens with zero attached hydrogens (tertiary/aromatic N) is 1. The van der Waals surface area contributed by atoms with Gasteiger partial charge in [-0.1, -0.05) is 24.3 Å². The van der Waals surface area contributed by atoms with Crippen LogP contribution in [-0.2, 0) is 4.79 Å². The van der Waals surface area contributed by atoms with Crippen LogP contribution in [0.5, 0.6) is 0 Å². The zero-order valence-electron chi connectivity index (χ0n) is 13.4. The number of carbonyl (C=O) groups excluding carboxylic acids is 2. The van der Waals surface area contributed by atoms with Gasteiger partial charge in [0.15, 0.2) is 0 Å². The number of alkyl halides is 3. The molecule has 0 aliphatic heterocycles. The van der Waals surface area contributed by atoms with Crippen molar-refractivity contribution in [3.63, 3.8) is 0 Å². The third-order valence-corrected chi connectivity index (χ3v) is 3.26. The zero-order valence-corrected chi connectivity index (χ0v) is 13.4. The Morgan fingerprint density at radius 3 is 2.19 bits per heavy atom. The summed E-state index contributed by atoms with van der Waals surface area (Å²) in [5, 5.41) is 5.54. The molecule has 0 saturated heterocycles. The van der Waals surface area contributed by atoms with Crippen molar-refractivity contribution in [3.05, 3.63) is 65.5 Å². The van der Waals surface area contributed by atoms with Gasteiger partial charge < -0.3 is 5.32 Å². The first-order valence-corrected chi connectivity index (χ1v) is 7.26. The molecule has 0 unspecified atom stereocenters. The normalized spacial score (nSPS) is 11.8. The van der Waals surface area contributed by atoms with E-state index in [4.69, 9.17) is 0 Å². The van der Waals surface area contributed by atoms with Gasteiger partial charge in [-0.3, -0.25) is 9.59 Å². The number of nitrogens with one attached hydrogen (secondary N) is 2. The van der Waals surface area contributed by atoms with E-state index in [0.717, 1.165) is 6.07 Å². The van der Waals surface area contributed by atoms with E-state index >= 15 is 0 Å². The maximum Gasteiger partial charge on any atom is 0.471 e. The van der Waals surface area contributed by atoms with Crippen molar-refractivity contribution >= 4 is 23.2 Å². The lowest BCUT2D eigenvalue weighted by Crippen LogP contribution is -2.29. The zero-order chi connectivity index (χ0) is 19.3. The molecule has 0 heterocycles. The first kappa shape index (κ1) is 19.1. The third kappa shape index (κ3) is 4.88. The standard InChI is InChI=1S/C17H13F4N3O2/c1-10(23-24-15(25)13-4-2-3-5-14(13)18)11-6-8-12(9-7-11)22-16(26)17(19,20)21/h2-9H,1H3,(H,22,26)(H,24,25)/b23-10+. The molecule has 2 N–H and O–H groups in total. The summed E-state index contributed by atoms with van der Waals surface area (Å²) in [6.07, 6.45) is -4.98. The molecule has 9 heteroatoms. The Hall–Kier alpha value is -3.23. The van der Waals surface area contributed by atoms with Crippen molar-refractivity contribution in [1.29, 1.82) is 0 Å². The van der Waals surface area contributed by atoms with Gasteiger partial charge in [0.2, 0.25) is 0 Å². The van der Waals surface area contributed by atoms with E-state index in [2.05, 4.69) is 10.5 Å². The molecule has 0 aliphatic rings. The van der Waals surface area contributed by atoms with Gasteiger partial charge in [-0.15, -0.1) is 0 Å². The molecule has 2 aromatic carbocycles. The molecule has 0 fully saturated rings. The van der Waals surface area contributed by atoms with Crippen LogP contribution in [0.1, 0.15) is 22.8 Å². The van der Waals surface area contributed by atoms with Crippen LogP contribution in [0, 0.1) is 5.82 Å². The van der Waals surface area contributed by atoms with E-state index in [9.17, 15) is 27.2 Å². The summed E-state index contributed by atoms with van der Waals surface area (Å²) in [4.78, 5) is 22.7. The van der Waals surface area contributed by atoms with Crippen molar-refractivity contribution in [1.82, 2.24) is 5.43 Å². The quantitative estimate of drug-likeness (QED) is 0.493. The maximum atomic E-state index is 13.5. The van der Waals surface area contributed by atoms with Crippen LogP contribution in [0.2, 0.25) is 0 Å². The second-order valence-electron chi connectivity index (χ2n) is 5.15. The molecule has 2 amide bonds. The Morgan fingerprint density at radius 2 is 1.62 bits per heavy atom. The molecule has 0 radical (unpaired) electrons. The van der Waals surface area contributed by atoms with E-state index in [1.807, 2.05) is 0 Å². The topological polar surface area (TPSA) is 70.6 Å². The minimum atomic E-state index is -4.98. The lowest BCUT2D eigenvalue weighted by atomic mass is 10.1. The van der Waals surface area contributed by atoms with Gasteiger partial charge in [-0.05, 0) is 36.8 Å². The molecule has 2 aromatic rings. The Labute approximate surface area is 145 Å². The van der Waals surface area contributed by atoms with Crippen LogP contribution in [-0.4, -0.2) is 23.7 Å². The predicted molar refractivity (Wildman–Crippen MR) is 87.2 cm³/mol. The second-order valence-corrected chi connectivity index (χ2v) is 5.15. The number of benzene rings is 2. The summed E-state index contributed by atoms with van der Waals surface area (Å²) in [6, 6.07) is 10.7. The molecule has 5 nitrogen and oxygen atoms in total. The highest BCUT2D eigenvalue weighted by Gasteiger charge is 2.38. The average Bonchev–Trinajstić information content (AvgIpc) is 2.59. The monoisotopic (exact) mass is 367 g/mol. The summed E-state index contributed by atoms with van der Waals surface area (Å²) in [5.74, 6) is -3.51. The highest BCUT2D eigenvalue weighted by atomic mass is 19.4. The number of hydrogen-bond donors (Lipinski definition) is 2. The van der Waals surface area contributed by atoms with Gasteiger partial charge >= 0.3 is 12.1 Å². The molecule has 0 spiro atoms. The predicted octanol–water partition coefficient (Wildman–Crippen LogP) is 3.48. The fraction of sp³-hybridized carbons (Fsp3) is 0.118. The Bertz CT molecular complexity index is 846. The third-order valence-electron chi connectivity index (χ3n) is 3.26. The lowest BCUT2D eigenvalue weighted by molar-refractivity contribution is -0.167. The fourth-order valence-electron chi connectivity index (χ4n) is 1.90. The summed E-state index contributed by atoms with van der Waals surface area (Å²) in [7, 11) is 0. The Kier molecular flexibility index (Phi) is 5.71. The van der Waals surface area contributed by atoms with E-state index in [0.29, 0.717) is 11.3 Å². The summed E-state index contributed by atoms with van der Waals surface area (Å²) in [5.41, 5.74) is 2.81. The Balaban J connectivity index is 2.04. The van der Waals surface area contributed by atoms with Gasteiger partial charge in [0.1, 0.15) is 5.82 Å². The Morgan fingerprint density at radius 1 is 1.00 bits per heavy atom. The molecule has 0 aromatic heterocycles. The SMILES string of the molecule is C/C(=N\NC(=O)c1ccccc1F)c1ccc(NC(=O)C(F)(F)F)cc1. The number of hydrogen-bond acceptors (Lipinski definition) is 3. The average molecular weight is 367 g/mol. The molecule has 0 aliphatic carbocycles. The molecule has 2 rings (SSSR count). The van der Waals surface area contributed by atoms with Crippen LogP contribution in [0.3, 0.4) is 0 Å². The second kappa shape index (κ2) is 7.77. The summed E-state index contributed by atoms with van der Waals surface area (Å²) >= 11 is 0. The first-order valence-electron chi connectivity index (χ1n) is 7.26. The van der Waals surface area contributed by atoms with E-state index in [1.165, 1.54) is 42.5 Å². The molecule has 26 heavy (non-hydrogen) atoms. The molecule has 0 saturated carbocycles. The van der Waals surface area contributed by atoms with Crippen LogP contribution < -0.4 is 10.7 Å². The maximum absolute atomic E-state index is 13.5. The van der Waals surface area contributed by atoms with E-state index in [1.54, 1.807) is 12.2 Å². The lowest BCUT2D eigenvalue weighted by Gasteiger charge is -2.08. The van der Waals surface area contributed by atoms with Crippen molar-refractivity contribution in [2.24, 2.45) is 5.10 Å². The summed E-state index contributed by atoms with van der Waals surface area (Å²) < 4.78 is 50.1. The van der Waals surface area contributed by atoms with Crippen molar-refractivity contribution in [2.75, 3.05) is 5.32 Å². The van der Waals surface area contributed by atoms with Crippen LogP contribution in [0.15, 0.2) is 53.6 Å². The minimum absolute atomic E-state index is 0.0423. The van der Waals surface area contributed by atoms with Crippen molar-refractivity contribution in [2.45, 2.75) is 13.1 Å². The highest BCUT2D eigenvalue weighted by molar-refractivity contribution is 6.01. The molecule has 136 valence electrons. The molecule has 0 atom stereocenters. The van der Waals surface area contributed by atoms with Gasteiger partial charge in [0.05, 0.1) is 11.3 Å². The smallest absolute Gasteiger partial charge is 0.318 e. The van der Waals surface area contributed by atoms with Gasteiger partial charge in [-0.25, -0.2) is 9.82 Å². The van der Waals surface area contributed by atoms with Crippen molar-refractivity contribution in [3.8, 4) is 0 Å².